The van der Waals surface area contributed by atoms with Gasteiger partial charge >= 0.3 is 5.97 Å². The summed E-state index contributed by atoms with van der Waals surface area (Å²) in [4.78, 5) is 17.3. The fourth-order valence-corrected chi connectivity index (χ4v) is 1.46. The van der Waals surface area contributed by atoms with E-state index in [9.17, 15) is 4.79 Å². The monoisotopic (exact) mass is 237 g/mol. The van der Waals surface area contributed by atoms with Crippen molar-refractivity contribution < 1.29 is 9.90 Å². The SMILES string of the molecule is C=C(CCc1cnc[nH]1)NCCCCC(=O)O. The normalized spacial score (nSPS) is 10.1. The maximum Gasteiger partial charge on any atom is 0.303 e. The third kappa shape index (κ3) is 6.40. The summed E-state index contributed by atoms with van der Waals surface area (Å²) in [6.45, 7) is 4.71. The highest BCUT2D eigenvalue weighted by molar-refractivity contribution is 5.66. The van der Waals surface area contributed by atoms with Gasteiger partial charge in [0.25, 0.3) is 0 Å². The molecule has 0 unspecified atom stereocenters. The summed E-state index contributed by atoms with van der Waals surface area (Å²) >= 11 is 0. The first-order valence-corrected chi connectivity index (χ1v) is 5.79. The molecule has 0 atom stereocenters. The Labute approximate surface area is 101 Å². The van der Waals surface area contributed by atoms with Gasteiger partial charge in [0.15, 0.2) is 0 Å². The molecule has 5 nitrogen and oxygen atoms in total. The number of imidazole rings is 1. The van der Waals surface area contributed by atoms with Crippen LogP contribution >= 0.6 is 0 Å². The maximum atomic E-state index is 10.3. The second-order valence-corrected chi connectivity index (χ2v) is 3.96. The van der Waals surface area contributed by atoms with E-state index in [1.807, 2.05) is 0 Å². The van der Waals surface area contributed by atoms with Gasteiger partial charge in [-0.05, 0) is 25.7 Å². The van der Waals surface area contributed by atoms with Gasteiger partial charge in [-0.1, -0.05) is 6.58 Å². The number of allylic oxidation sites excluding steroid dienone is 1. The number of nitrogens with zero attached hydrogens (tertiary/aromatic N) is 1. The lowest BCUT2D eigenvalue weighted by molar-refractivity contribution is -0.137. The molecular weight excluding hydrogens is 218 g/mol. The molecule has 0 radical (unpaired) electrons. The Balaban J connectivity index is 2.00. The lowest BCUT2D eigenvalue weighted by Crippen LogP contribution is -2.14. The third-order valence-corrected chi connectivity index (χ3v) is 2.44. The van der Waals surface area contributed by atoms with Crippen molar-refractivity contribution in [1.82, 2.24) is 15.3 Å². The Morgan fingerprint density at radius 3 is 2.94 bits per heavy atom. The Morgan fingerprint density at radius 1 is 1.47 bits per heavy atom. The highest BCUT2D eigenvalue weighted by Gasteiger charge is 1.99. The Bertz CT molecular complexity index is 347. The fourth-order valence-electron chi connectivity index (χ4n) is 1.46. The summed E-state index contributed by atoms with van der Waals surface area (Å²) in [5.41, 5.74) is 2.08. The molecular formula is C12H19N3O2. The Morgan fingerprint density at radius 2 is 2.29 bits per heavy atom. The number of nitrogens with one attached hydrogen (secondary N) is 2. The molecule has 1 heterocycles. The number of hydrogen-bond donors (Lipinski definition) is 3. The van der Waals surface area contributed by atoms with Crippen molar-refractivity contribution in [2.24, 2.45) is 0 Å². The van der Waals surface area contributed by atoms with E-state index in [1.165, 1.54) is 0 Å². The molecule has 0 aliphatic rings. The molecule has 1 aromatic heterocycles. The first kappa shape index (κ1) is 13.3. The minimum atomic E-state index is -0.733. The van der Waals surface area contributed by atoms with Crippen LogP contribution in [0.4, 0.5) is 0 Å². The van der Waals surface area contributed by atoms with Crippen LogP contribution in [0.3, 0.4) is 0 Å². The molecule has 17 heavy (non-hydrogen) atoms. The van der Waals surface area contributed by atoms with E-state index < -0.39 is 5.97 Å². The quantitative estimate of drug-likeness (QED) is 0.571. The third-order valence-electron chi connectivity index (χ3n) is 2.44. The summed E-state index contributed by atoms with van der Waals surface area (Å²) < 4.78 is 0. The number of carbonyl (C=O) groups is 1. The van der Waals surface area contributed by atoms with E-state index in [2.05, 4.69) is 21.9 Å². The smallest absolute Gasteiger partial charge is 0.303 e. The topological polar surface area (TPSA) is 78.0 Å². The van der Waals surface area contributed by atoms with Crippen molar-refractivity contribution in [2.75, 3.05) is 6.54 Å². The van der Waals surface area contributed by atoms with Gasteiger partial charge in [-0.15, -0.1) is 0 Å². The van der Waals surface area contributed by atoms with E-state index in [-0.39, 0.29) is 6.42 Å². The van der Waals surface area contributed by atoms with Gasteiger partial charge in [-0.25, -0.2) is 4.98 Å². The Kier molecular flexibility index (Phi) is 5.85. The van der Waals surface area contributed by atoms with Crippen molar-refractivity contribution in [3.63, 3.8) is 0 Å². The van der Waals surface area contributed by atoms with Crippen LogP contribution in [0.15, 0.2) is 24.8 Å². The van der Waals surface area contributed by atoms with E-state index in [1.54, 1.807) is 12.5 Å². The Hall–Kier alpha value is -1.78. The van der Waals surface area contributed by atoms with Crippen molar-refractivity contribution in [3.05, 3.63) is 30.5 Å². The van der Waals surface area contributed by atoms with E-state index in [0.29, 0.717) is 6.42 Å². The van der Waals surface area contributed by atoms with Crippen molar-refractivity contribution >= 4 is 5.97 Å². The van der Waals surface area contributed by atoms with Gasteiger partial charge in [-0.2, -0.15) is 0 Å². The first-order valence-electron chi connectivity index (χ1n) is 5.79. The zero-order chi connectivity index (χ0) is 12.5. The van der Waals surface area contributed by atoms with Gasteiger partial charge in [0.2, 0.25) is 0 Å². The van der Waals surface area contributed by atoms with Crippen molar-refractivity contribution in [1.29, 1.82) is 0 Å². The predicted octanol–water partition coefficient (Wildman–Crippen LogP) is 1.70. The molecule has 1 aromatic rings. The second-order valence-electron chi connectivity index (χ2n) is 3.96. The van der Waals surface area contributed by atoms with Crippen LogP contribution in [0.25, 0.3) is 0 Å². The number of aliphatic carboxylic acids is 1. The van der Waals surface area contributed by atoms with Crippen LogP contribution in [0, 0.1) is 0 Å². The molecule has 0 bridgehead atoms. The minimum Gasteiger partial charge on any atom is -0.481 e. The molecule has 0 aromatic carbocycles. The molecule has 0 aliphatic carbocycles. The molecule has 0 fully saturated rings. The van der Waals surface area contributed by atoms with Crippen LogP contribution < -0.4 is 5.32 Å². The number of carboxylic acid groups (broad SMARTS) is 1. The van der Waals surface area contributed by atoms with Crippen molar-refractivity contribution in [2.45, 2.75) is 32.1 Å². The van der Waals surface area contributed by atoms with Crippen LogP contribution in [0.2, 0.25) is 0 Å². The summed E-state index contributed by atoms with van der Waals surface area (Å²) in [7, 11) is 0. The van der Waals surface area contributed by atoms with Gasteiger partial charge in [0, 0.05) is 30.6 Å². The average Bonchev–Trinajstić information content (AvgIpc) is 2.78. The molecule has 0 spiro atoms. The number of aryl methyl sites for hydroxylation is 1. The standard InChI is InChI=1S/C12H19N3O2/c1-10(5-6-11-8-13-9-15-11)14-7-3-2-4-12(16)17/h8-9,14H,1-7H2,(H,13,15)(H,16,17). The number of aromatic nitrogens is 2. The lowest BCUT2D eigenvalue weighted by Gasteiger charge is -2.08. The molecule has 0 saturated carbocycles. The van der Waals surface area contributed by atoms with Gasteiger partial charge in [-0.3, -0.25) is 4.79 Å². The molecule has 0 saturated heterocycles. The number of rotatable bonds is 9. The zero-order valence-electron chi connectivity index (χ0n) is 9.91. The second kappa shape index (κ2) is 7.49. The van der Waals surface area contributed by atoms with E-state index in [0.717, 1.165) is 37.2 Å². The van der Waals surface area contributed by atoms with Crippen LogP contribution in [0.5, 0.6) is 0 Å². The number of H-pyrrole nitrogens is 1. The van der Waals surface area contributed by atoms with Crippen LogP contribution in [-0.4, -0.2) is 27.6 Å². The molecule has 94 valence electrons. The van der Waals surface area contributed by atoms with Crippen LogP contribution in [0.1, 0.15) is 31.4 Å². The lowest BCUT2D eigenvalue weighted by atomic mass is 10.2. The highest BCUT2D eigenvalue weighted by atomic mass is 16.4. The molecule has 1 rings (SSSR count). The molecule has 0 aliphatic heterocycles. The molecule has 5 heteroatoms. The predicted molar refractivity (Wildman–Crippen MR) is 65.5 cm³/mol. The van der Waals surface area contributed by atoms with E-state index >= 15 is 0 Å². The average molecular weight is 237 g/mol. The zero-order valence-corrected chi connectivity index (χ0v) is 9.91. The molecule has 3 N–H and O–H groups in total. The maximum absolute atomic E-state index is 10.3. The number of aromatic amines is 1. The van der Waals surface area contributed by atoms with E-state index in [4.69, 9.17) is 5.11 Å². The van der Waals surface area contributed by atoms with Gasteiger partial charge in [0.05, 0.1) is 6.33 Å². The number of hydrogen-bond acceptors (Lipinski definition) is 3. The van der Waals surface area contributed by atoms with Gasteiger partial charge < -0.3 is 15.4 Å². The number of unbranched alkanes of at least 4 members (excludes halogenated alkanes) is 1. The van der Waals surface area contributed by atoms with Crippen molar-refractivity contribution in [3.8, 4) is 0 Å². The first-order chi connectivity index (χ1) is 8.18. The highest BCUT2D eigenvalue weighted by Crippen LogP contribution is 2.02. The van der Waals surface area contributed by atoms with Crippen LogP contribution in [-0.2, 0) is 11.2 Å². The summed E-state index contributed by atoms with van der Waals surface area (Å²) in [5.74, 6) is -0.733. The summed E-state index contributed by atoms with van der Waals surface area (Å²) in [5, 5.41) is 11.7. The number of carboxylic acids is 1. The molecule has 0 amide bonds. The van der Waals surface area contributed by atoms with Gasteiger partial charge in [0.1, 0.15) is 0 Å². The summed E-state index contributed by atoms with van der Waals surface area (Å²) in [6.07, 6.45) is 7.02. The largest absolute Gasteiger partial charge is 0.481 e. The summed E-state index contributed by atoms with van der Waals surface area (Å²) in [6, 6.07) is 0. The fraction of sp³-hybridized carbons (Fsp3) is 0.500. The minimum absolute atomic E-state index is 0.238.